The number of carbonyl (C=O) groups excluding carboxylic acids is 1. The van der Waals surface area contributed by atoms with Crippen LogP contribution in [0.2, 0.25) is 0 Å². The Morgan fingerprint density at radius 1 is 0.915 bits per heavy atom. The number of halogens is 2. The molecule has 47 heavy (non-hydrogen) atoms. The Labute approximate surface area is 271 Å². The van der Waals surface area contributed by atoms with Crippen molar-refractivity contribution >= 4 is 34.2 Å². The monoisotopic (exact) mass is 655 g/mol. The molecular formula is C33H39F2N5O7. The van der Waals surface area contributed by atoms with Gasteiger partial charge in [-0.15, -0.1) is 0 Å². The quantitative estimate of drug-likeness (QED) is 0.140. The highest BCUT2D eigenvalue weighted by molar-refractivity contribution is 5.88. The van der Waals surface area contributed by atoms with E-state index in [-0.39, 0.29) is 24.6 Å². The number of nitrogens with one attached hydrogen (secondary N) is 2. The van der Waals surface area contributed by atoms with E-state index in [9.17, 15) is 4.79 Å². The first-order chi connectivity index (χ1) is 22.4. The van der Waals surface area contributed by atoms with Crippen LogP contribution in [0.25, 0.3) is 10.9 Å². The van der Waals surface area contributed by atoms with Crippen molar-refractivity contribution in [1.82, 2.24) is 14.9 Å². The minimum Gasteiger partial charge on any atom is -0.494 e. The van der Waals surface area contributed by atoms with Crippen LogP contribution in [-0.4, -0.2) is 81.2 Å². The molecular weight excluding hydrogens is 616 g/mol. The molecule has 1 amide bonds. The molecule has 0 spiro atoms. The van der Waals surface area contributed by atoms with Crippen molar-refractivity contribution in [2.45, 2.75) is 26.4 Å². The fourth-order valence-electron chi connectivity index (χ4n) is 4.29. The summed E-state index contributed by atoms with van der Waals surface area (Å²) in [5.74, 6) is -0.683. The Bertz CT molecular complexity index is 1680. The van der Waals surface area contributed by atoms with Crippen LogP contribution >= 0.6 is 0 Å². The zero-order valence-corrected chi connectivity index (χ0v) is 27.4. The summed E-state index contributed by atoms with van der Waals surface area (Å²) in [5, 5.41) is 6.45. The maximum atomic E-state index is 15.3. The Morgan fingerprint density at radius 3 is 2.30 bits per heavy atom. The summed E-state index contributed by atoms with van der Waals surface area (Å²) in [6, 6.07) is 8.57. The molecule has 2 heterocycles. The van der Waals surface area contributed by atoms with Crippen molar-refractivity contribution in [3.63, 3.8) is 0 Å². The third-order valence-electron chi connectivity index (χ3n) is 6.56. The van der Waals surface area contributed by atoms with E-state index in [0.29, 0.717) is 52.8 Å². The summed E-state index contributed by atoms with van der Waals surface area (Å²) < 4.78 is 63.6. The minimum absolute atomic E-state index is 0.118. The molecule has 2 aromatic heterocycles. The summed E-state index contributed by atoms with van der Waals surface area (Å²) in [6.07, 6.45) is 2.46. The molecule has 0 atom stereocenters. The summed E-state index contributed by atoms with van der Waals surface area (Å²) in [4.78, 5) is 22.3. The van der Waals surface area contributed by atoms with Crippen LogP contribution in [0.15, 0.2) is 48.8 Å². The first-order valence-corrected chi connectivity index (χ1v) is 14.7. The number of nitrogens with zero attached hydrogens (tertiary/aromatic N) is 3. The fraction of sp³-hybridized carbons (Fsp3) is 0.364. The molecule has 0 radical (unpaired) electrons. The summed E-state index contributed by atoms with van der Waals surface area (Å²) in [5.41, 5.74) is 0.329. The van der Waals surface area contributed by atoms with E-state index in [1.807, 2.05) is 0 Å². The molecule has 4 aromatic rings. The number of fused-ring (bicyclic) bond motifs is 1. The molecule has 0 saturated carbocycles. The molecule has 12 nitrogen and oxygen atoms in total. The lowest BCUT2D eigenvalue weighted by Gasteiger charge is -2.24. The number of anilines is 3. The van der Waals surface area contributed by atoms with Crippen LogP contribution in [-0.2, 0) is 9.47 Å². The van der Waals surface area contributed by atoms with Gasteiger partial charge in [0.25, 0.3) is 0 Å². The number of methoxy groups -OCH3 is 3. The number of hydrogen-bond donors (Lipinski definition) is 2. The van der Waals surface area contributed by atoms with Crippen LogP contribution in [0.4, 0.5) is 30.8 Å². The van der Waals surface area contributed by atoms with Crippen LogP contribution < -0.4 is 29.6 Å². The first kappa shape index (κ1) is 34.8. The zero-order chi connectivity index (χ0) is 34.1. The standard InChI is InChI=1S/C33H39F2N5O7/c1-33(2,3)47-32(41)40(4)11-13-45-29-17-24-21(16-28(29)44-7)26(8-9-36-24)46-31-22(34)14-20(15-23(31)35)39-25-19-38-30(18-27(25)43-6)37-10-12-42-5/h8-9,14-19,39H,10-13H2,1-7H3,(H,37,38). The second-order valence-corrected chi connectivity index (χ2v) is 11.3. The van der Waals surface area contributed by atoms with Crippen LogP contribution in [0.3, 0.4) is 0 Å². The first-order valence-electron chi connectivity index (χ1n) is 14.7. The number of rotatable bonds is 14. The minimum atomic E-state index is -0.941. The van der Waals surface area contributed by atoms with Gasteiger partial charge < -0.3 is 44.0 Å². The molecule has 14 heteroatoms. The molecule has 0 bridgehead atoms. The lowest BCUT2D eigenvalue weighted by Crippen LogP contribution is -2.36. The normalized spacial score (nSPS) is 11.2. The molecule has 2 aromatic carbocycles. The van der Waals surface area contributed by atoms with Crippen molar-refractivity contribution in [1.29, 1.82) is 0 Å². The number of carbonyl (C=O) groups is 1. The number of ether oxygens (including phenoxy) is 6. The average molecular weight is 656 g/mol. The maximum absolute atomic E-state index is 15.3. The van der Waals surface area contributed by atoms with Crippen LogP contribution in [0, 0.1) is 11.6 Å². The average Bonchev–Trinajstić information content (AvgIpc) is 3.02. The molecule has 0 aliphatic carbocycles. The highest BCUT2D eigenvalue weighted by Gasteiger charge is 2.21. The molecule has 4 rings (SSSR count). The summed E-state index contributed by atoms with van der Waals surface area (Å²) in [6.45, 7) is 6.79. The van der Waals surface area contributed by atoms with Crippen molar-refractivity contribution in [3.05, 3.63) is 60.4 Å². The van der Waals surface area contributed by atoms with Crippen molar-refractivity contribution < 1.29 is 42.0 Å². The molecule has 0 unspecified atom stereocenters. The van der Waals surface area contributed by atoms with Gasteiger partial charge in [-0.2, -0.15) is 0 Å². The van der Waals surface area contributed by atoms with Gasteiger partial charge in [0.15, 0.2) is 28.9 Å². The van der Waals surface area contributed by atoms with Gasteiger partial charge in [0.05, 0.1) is 44.8 Å². The topological polar surface area (TPSA) is 126 Å². The van der Waals surface area contributed by atoms with E-state index in [1.54, 1.807) is 53.1 Å². The molecule has 252 valence electrons. The second kappa shape index (κ2) is 15.5. The number of benzene rings is 2. The number of pyridine rings is 2. The summed E-state index contributed by atoms with van der Waals surface area (Å²) >= 11 is 0. The number of amides is 1. The lowest BCUT2D eigenvalue weighted by molar-refractivity contribution is 0.0278. The van der Waals surface area contributed by atoms with Crippen LogP contribution in [0.5, 0.6) is 28.7 Å². The number of aromatic nitrogens is 2. The Morgan fingerprint density at radius 2 is 1.64 bits per heavy atom. The predicted molar refractivity (Wildman–Crippen MR) is 174 cm³/mol. The van der Waals surface area contributed by atoms with Crippen molar-refractivity contribution in [2.75, 3.05) is 65.3 Å². The predicted octanol–water partition coefficient (Wildman–Crippen LogP) is 6.77. The summed E-state index contributed by atoms with van der Waals surface area (Å²) in [7, 11) is 6.14. The molecule has 0 fully saturated rings. The smallest absolute Gasteiger partial charge is 0.410 e. The highest BCUT2D eigenvalue weighted by Crippen LogP contribution is 2.39. The van der Waals surface area contributed by atoms with Gasteiger partial charge in [-0.1, -0.05) is 0 Å². The van der Waals surface area contributed by atoms with Gasteiger partial charge in [-0.3, -0.25) is 4.98 Å². The van der Waals surface area contributed by atoms with Gasteiger partial charge in [0, 0.05) is 62.2 Å². The number of hydrogen-bond acceptors (Lipinski definition) is 11. The van der Waals surface area contributed by atoms with E-state index < -0.39 is 29.1 Å². The van der Waals surface area contributed by atoms with Gasteiger partial charge in [0.2, 0.25) is 0 Å². The number of likely N-dealkylation sites (N-methyl/N-ethyl adjacent to an activating group) is 1. The molecule has 0 aliphatic rings. The van der Waals surface area contributed by atoms with Crippen LogP contribution in [0.1, 0.15) is 20.8 Å². The zero-order valence-electron chi connectivity index (χ0n) is 27.4. The van der Waals surface area contributed by atoms with E-state index >= 15 is 8.78 Å². The Balaban J connectivity index is 1.50. The Kier molecular flexibility index (Phi) is 11.4. The van der Waals surface area contributed by atoms with E-state index in [2.05, 4.69) is 20.6 Å². The van der Waals surface area contributed by atoms with Gasteiger partial charge >= 0.3 is 6.09 Å². The Hall–Kier alpha value is -5.11. The second-order valence-electron chi connectivity index (χ2n) is 11.3. The third kappa shape index (κ3) is 9.22. The van der Waals surface area contributed by atoms with Gasteiger partial charge in [-0.05, 0) is 32.9 Å². The van der Waals surface area contributed by atoms with E-state index in [4.69, 9.17) is 28.4 Å². The van der Waals surface area contributed by atoms with Gasteiger partial charge in [-0.25, -0.2) is 18.6 Å². The van der Waals surface area contributed by atoms with Crippen molar-refractivity contribution in [3.8, 4) is 28.7 Å². The molecule has 2 N–H and O–H groups in total. The lowest BCUT2D eigenvalue weighted by atomic mass is 10.1. The largest absolute Gasteiger partial charge is 0.494 e. The maximum Gasteiger partial charge on any atom is 0.410 e. The SMILES string of the molecule is COCCNc1cc(OC)c(Nc2cc(F)c(Oc3ccnc4cc(OCCN(C)C(=O)OC(C)(C)C)c(OC)cc34)c(F)c2)cn1. The van der Waals surface area contributed by atoms with E-state index in [0.717, 1.165) is 12.1 Å². The molecule has 0 aliphatic heterocycles. The van der Waals surface area contributed by atoms with E-state index in [1.165, 1.54) is 37.6 Å². The third-order valence-corrected chi connectivity index (χ3v) is 6.56. The van der Waals surface area contributed by atoms with Gasteiger partial charge in [0.1, 0.15) is 29.5 Å². The van der Waals surface area contributed by atoms with Crippen molar-refractivity contribution in [2.24, 2.45) is 0 Å². The highest BCUT2D eigenvalue weighted by atomic mass is 19.1. The molecule has 0 saturated heterocycles. The fourth-order valence-corrected chi connectivity index (χ4v) is 4.29.